The minimum atomic E-state index is -0.539. The molecule has 0 bridgehead atoms. The molecular formula is C12H16N2O2. The molecule has 2 atom stereocenters. The number of ether oxygens (including phenoxy) is 1. The summed E-state index contributed by atoms with van der Waals surface area (Å²) in [4.78, 5) is 11.2. The van der Waals surface area contributed by atoms with Gasteiger partial charge < -0.3 is 15.8 Å². The molecule has 16 heavy (non-hydrogen) atoms. The summed E-state index contributed by atoms with van der Waals surface area (Å²) in [5.74, 6) is -0.0466. The topological polar surface area (TPSA) is 64.3 Å². The van der Waals surface area contributed by atoms with Gasteiger partial charge in [-0.3, -0.25) is 4.79 Å². The molecule has 0 saturated carbocycles. The highest BCUT2D eigenvalue weighted by atomic mass is 16.5. The maximum absolute atomic E-state index is 11.2. The Hall–Kier alpha value is -1.55. The van der Waals surface area contributed by atoms with Crippen LogP contribution in [0.3, 0.4) is 0 Å². The second-order valence-corrected chi connectivity index (χ2v) is 4.03. The molecule has 1 aromatic carbocycles. The van der Waals surface area contributed by atoms with Crippen LogP contribution in [0.15, 0.2) is 24.3 Å². The van der Waals surface area contributed by atoms with Gasteiger partial charge in [0.2, 0.25) is 0 Å². The van der Waals surface area contributed by atoms with Crippen LogP contribution in [0.25, 0.3) is 0 Å². The Kier molecular flexibility index (Phi) is 3.10. The minimum absolute atomic E-state index is 0.297. The number of para-hydroxylation sites is 1. The zero-order chi connectivity index (χ0) is 11.5. The lowest BCUT2D eigenvalue weighted by Gasteiger charge is -2.14. The van der Waals surface area contributed by atoms with Gasteiger partial charge in [-0.15, -0.1) is 0 Å². The summed E-state index contributed by atoms with van der Waals surface area (Å²) < 4.78 is 4.63. The number of rotatable bonds is 3. The largest absolute Gasteiger partial charge is 0.468 e. The standard InChI is InChI=1S/C12H16N2O2/c1-16-12(15)10(13)6-8-7-14-11-5-3-2-4-9(8)11/h2-5,8,10,14H,6-7,13H2,1H3/t8-,10+/m1/s1. The van der Waals surface area contributed by atoms with Gasteiger partial charge in [-0.25, -0.2) is 0 Å². The van der Waals surface area contributed by atoms with Gasteiger partial charge in [0, 0.05) is 18.2 Å². The fraction of sp³-hybridized carbons (Fsp3) is 0.417. The third-order valence-electron chi connectivity index (χ3n) is 2.98. The molecule has 4 heteroatoms. The molecule has 1 aliphatic rings. The minimum Gasteiger partial charge on any atom is -0.468 e. The van der Waals surface area contributed by atoms with E-state index >= 15 is 0 Å². The van der Waals surface area contributed by atoms with Gasteiger partial charge in [-0.05, 0) is 18.1 Å². The molecule has 0 amide bonds. The Balaban J connectivity index is 2.06. The predicted molar refractivity (Wildman–Crippen MR) is 62.3 cm³/mol. The number of esters is 1. The maximum Gasteiger partial charge on any atom is 0.322 e. The number of hydrogen-bond donors (Lipinski definition) is 2. The number of methoxy groups -OCH3 is 1. The van der Waals surface area contributed by atoms with Gasteiger partial charge in [0.25, 0.3) is 0 Å². The molecule has 4 nitrogen and oxygen atoms in total. The van der Waals surface area contributed by atoms with Crippen LogP contribution >= 0.6 is 0 Å². The molecule has 0 unspecified atom stereocenters. The zero-order valence-electron chi connectivity index (χ0n) is 9.27. The SMILES string of the molecule is COC(=O)[C@@H](N)C[C@@H]1CNc2ccccc21. The van der Waals surface area contributed by atoms with E-state index in [1.54, 1.807) is 0 Å². The third-order valence-corrected chi connectivity index (χ3v) is 2.98. The Morgan fingerprint density at radius 1 is 1.62 bits per heavy atom. The van der Waals surface area contributed by atoms with Crippen LogP contribution in [0.5, 0.6) is 0 Å². The number of fused-ring (bicyclic) bond motifs is 1. The molecule has 1 heterocycles. The van der Waals surface area contributed by atoms with Crippen LogP contribution in [0, 0.1) is 0 Å². The number of nitrogens with two attached hydrogens (primary N) is 1. The summed E-state index contributed by atoms with van der Waals surface area (Å²) in [6.45, 7) is 0.837. The normalized spacial score (nSPS) is 19.8. The van der Waals surface area contributed by atoms with Crippen molar-refractivity contribution in [2.75, 3.05) is 19.0 Å². The number of carbonyl (C=O) groups excluding carboxylic acids is 1. The summed E-state index contributed by atoms with van der Waals surface area (Å²) in [6, 6.07) is 7.57. The molecular weight excluding hydrogens is 204 g/mol. The smallest absolute Gasteiger partial charge is 0.322 e. The highest BCUT2D eigenvalue weighted by molar-refractivity contribution is 5.75. The van der Waals surface area contributed by atoms with E-state index in [2.05, 4.69) is 16.1 Å². The lowest BCUT2D eigenvalue weighted by Crippen LogP contribution is -2.33. The fourth-order valence-corrected chi connectivity index (χ4v) is 2.12. The van der Waals surface area contributed by atoms with Gasteiger partial charge >= 0.3 is 5.97 Å². The first kappa shape index (κ1) is 11.0. The average Bonchev–Trinajstić information content (AvgIpc) is 2.72. The van der Waals surface area contributed by atoms with E-state index in [1.165, 1.54) is 12.7 Å². The van der Waals surface area contributed by atoms with Crippen molar-refractivity contribution < 1.29 is 9.53 Å². The number of benzene rings is 1. The first-order chi connectivity index (χ1) is 7.72. The van der Waals surface area contributed by atoms with Gasteiger partial charge in [0.05, 0.1) is 7.11 Å². The monoisotopic (exact) mass is 220 g/mol. The van der Waals surface area contributed by atoms with Crippen LogP contribution in [-0.4, -0.2) is 25.7 Å². The molecule has 0 spiro atoms. The lowest BCUT2D eigenvalue weighted by atomic mass is 9.94. The number of nitrogens with one attached hydrogen (secondary N) is 1. The fourth-order valence-electron chi connectivity index (χ4n) is 2.12. The second kappa shape index (κ2) is 4.53. The molecule has 0 fully saturated rings. The van der Waals surface area contributed by atoms with Gasteiger partial charge in [-0.2, -0.15) is 0 Å². The summed E-state index contributed by atoms with van der Waals surface area (Å²) >= 11 is 0. The summed E-state index contributed by atoms with van der Waals surface area (Å²) in [5.41, 5.74) is 8.14. The van der Waals surface area contributed by atoms with Gasteiger partial charge in [-0.1, -0.05) is 18.2 Å². The van der Waals surface area contributed by atoms with Crippen molar-refractivity contribution in [2.45, 2.75) is 18.4 Å². The van der Waals surface area contributed by atoms with Crippen molar-refractivity contribution in [3.05, 3.63) is 29.8 Å². The van der Waals surface area contributed by atoms with E-state index in [-0.39, 0.29) is 5.97 Å². The second-order valence-electron chi connectivity index (χ2n) is 4.03. The Morgan fingerprint density at radius 2 is 2.38 bits per heavy atom. The maximum atomic E-state index is 11.2. The molecule has 1 aliphatic heterocycles. The van der Waals surface area contributed by atoms with Crippen molar-refractivity contribution in [2.24, 2.45) is 5.73 Å². The molecule has 2 rings (SSSR count). The molecule has 1 aromatic rings. The molecule has 0 saturated heterocycles. The first-order valence-electron chi connectivity index (χ1n) is 5.38. The van der Waals surface area contributed by atoms with E-state index in [0.29, 0.717) is 12.3 Å². The average molecular weight is 220 g/mol. The van der Waals surface area contributed by atoms with Crippen molar-refractivity contribution in [1.29, 1.82) is 0 Å². The predicted octanol–water partition coefficient (Wildman–Crippen LogP) is 1.09. The van der Waals surface area contributed by atoms with Gasteiger partial charge in [0.1, 0.15) is 6.04 Å². The molecule has 86 valence electrons. The number of anilines is 1. The zero-order valence-corrected chi connectivity index (χ0v) is 9.27. The van der Waals surface area contributed by atoms with Crippen molar-refractivity contribution in [1.82, 2.24) is 0 Å². The van der Waals surface area contributed by atoms with Gasteiger partial charge in [0.15, 0.2) is 0 Å². The third kappa shape index (κ3) is 2.02. The van der Waals surface area contributed by atoms with Crippen LogP contribution in [0.4, 0.5) is 5.69 Å². The summed E-state index contributed by atoms with van der Waals surface area (Å²) in [6.07, 6.45) is 0.622. The molecule has 0 radical (unpaired) electrons. The molecule has 3 N–H and O–H groups in total. The number of carbonyl (C=O) groups is 1. The molecule has 0 aromatic heterocycles. The van der Waals surface area contributed by atoms with Crippen LogP contribution in [-0.2, 0) is 9.53 Å². The Labute approximate surface area is 94.8 Å². The Morgan fingerprint density at radius 3 is 3.12 bits per heavy atom. The lowest BCUT2D eigenvalue weighted by molar-refractivity contribution is -0.142. The Bertz CT molecular complexity index is 392. The summed E-state index contributed by atoms with van der Waals surface area (Å²) in [7, 11) is 1.36. The van der Waals surface area contributed by atoms with Crippen LogP contribution in [0.1, 0.15) is 17.9 Å². The van der Waals surface area contributed by atoms with E-state index < -0.39 is 6.04 Å². The van der Waals surface area contributed by atoms with Crippen molar-refractivity contribution >= 4 is 11.7 Å². The van der Waals surface area contributed by atoms with Crippen molar-refractivity contribution in [3.8, 4) is 0 Å². The van der Waals surface area contributed by atoms with E-state index in [0.717, 1.165) is 12.2 Å². The van der Waals surface area contributed by atoms with E-state index in [9.17, 15) is 4.79 Å². The van der Waals surface area contributed by atoms with Crippen LogP contribution < -0.4 is 11.1 Å². The van der Waals surface area contributed by atoms with E-state index in [1.807, 2.05) is 18.2 Å². The molecule has 0 aliphatic carbocycles. The van der Waals surface area contributed by atoms with Crippen LogP contribution in [0.2, 0.25) is 0 Å². The quantitative estimate of drug-likeness (QED) is 0.748. The number of hydrogen-bond acceptors (Lipinski definition) is 4. The van der Waals surface area contributed by atoms with E-state index in [4.69, 9.17) is 5.73 Å². The highest BCUT2D eigenvalue weighted by Gasteiger charge is 2.26. The summed E-state index contributed by atoms with van der Waals surface area (Å²) in [5, 5.41) is 3.30. The van der Waals surface area contributed by atoms with Crippen molar-refractivity contribution in [3.63, 3.8) is 0 Å². The highest BCUT2D eigenvalue weighted by Crippen LogP contribution is 2.33. The first-order valence-corrected chi connectivity index (χ1v) is 5.38.